The number of halogens is 1. The molecule has 2 nitrogen and oxygen atoms in total. The number of benzene rings is 3. The minimum atomic E-state index is -0.492. The minimum Gasteiger partial charge on any atom is -0.323 e. The normalized spacial score (nSPS) is 10.6. The molecular weight excluding hydrogens is 301 g/mol. The highest BCUT2D eigenvalue weighted by Gasteiger charge is 2.23. The van der Waals surface area contributed by atoms with Gasteiger partial charge in [0.15, 0.2) is 0 Å². The summed E-state index contributed by atoms with van der Waals surface area (Å²) in [5.41, 5.74) is 2.75. The van der Waals surface area contributed by atoms with Crippen LogP contribution in [-0.4, -0.2) is 5.91 Å². The fourth-order valence-corrected chi connectivity index (χ4v) is 2.71. The third-order valence-corrected chi connectivity index (χ3v) is 3.91. The maximum absolute atomic E-state index is 14.1. The number of anilines is 1. The Bertz CT molecular complexity index is 791. The number of carbonyl (C=O) groups is 1. The molecule has 0 aliphatic rings. The second-order valence-electron chi connectivity index (χ2n) is 5.73. The predicted molar refractivity (Wildman–Crippen MR) is 94.5 cm³/mol. The molecule has 0 bridgehead atoms. The molecule has 0 saturated carbocycles. The first kappa shape index (κ1) is 15.9. The number of hydrogen-bond acceptors (Lipinski definition) is 1. The SMILES string of the molecule is Cc1ccc(NC(=O)C(c2ccccc2)c2ccccc2)c(F)c1. The van der Waals surface area contributed by atoms with Gasteiger partial charge in [0, 0.05) is 0 Å². The Morgan fingerprint density at radius 2 is 1.42 bits per heavy atom. The van der Waals surface area contributed by atoms with Gasteiger partial charge in [-0.3, -0.25) is 4.79 Å². The lowest BCUT2D eigenvalue weighted by atomic mass is 9.90. The maximum atomic E-state index is 14.1. The average molecular weight is 319 g/mol. The van der Waals surface area contributed by atoms with Crippen LogP contribution in [-0.2, 0) is 4.79 Å². The molecule has 24 heavy (non-hydrogen) atoms. The van der Waals surface area contributed by atoms with Crippen LogP contribution in [0.25, 0.3) is 0 Å². The van der Waals surface area contributed by atoms with E-state index in [2.05, 4.69) is 5.32 Å². The molecule has 0 unspecified atom stereocenters. The van der Waals surface area contributed by atoms with Gasteiger partial charge in [0.05, 0.1) is 11.6 Å². The molecule has 0 heterocycles. The molecule has 1 amide bonds. The number of hydrogen-bond donors (Lipinski definition) is 1. The Balaban J connectivity index is 1.95. The average Bonchev–Trinajstić information content (AvgIpc) is 2.60. The van der Waals surface area contributed by atoms with E-state index in [1.807, 2.05) is 67.6 Å². The van der Waals surface area contributed by atoms with E-state index < -0.39 is 11.7 Å². The largest absolute Gasteiger partial charge is 0.323 e. The molecule has 1 N–H and O–H groups in total. The third-order valence-electron chi connectivity index (χ3n) is 3.91. The predicted octanol–water partition coefficient (Wildman–Crippen LogP) is 4.90. The molecule has 3 rings (SSSR count). The van der Waals surface area contributed by atoms with Gasteiger partial charge in [-0.2, -0.15) is 0 Å². The van der Waals surface area contributed by atoms with Crippen molar-refractivity contribution in [2.24, 2.45) is 0 Å². The van der Waals surface area contributed by atoms with Crippen molar-refractivity contribution in [3.8, 4) is 0 Å². The van der Waals surface area contributed by atoms with Crippen molar-refractivity contribution in [2.75, 3.05) is 5.32 Å². The molecule has 0 aromatic heterocycles. The Labute approximate surface area is 141 Å². The van der Waals surface area contributed by atoms with Crippen molar-refractivity contribution in [3.63, 3.8) is 0 Å². The van der Waals surface area contributed by atoms with Crippen LogP contribution >= 0.6 is 0 Å². The highest BCUT2D eigenvalue weighted by molar-refractivity contribution is 5.98. The van der Waals surface area contributed by atoms with Crippen LogP contribution in [0, 0.1) is 12.7 Å². The number of carbonyl (C=O) groups excluding carboxylic acids is 1. The van der Waals surface area contributed by atoms with Gasteiger partial charge >= 0.3 is 0 Å². The van der Waals surface area contributed by atoms with Crippen LogP contribution in [0.15, 0.2) is 78.9 Å². The van der Waals surface area contributed by atoms with Gasteiger partial charge in [0.25, 0.3) is 0 Å². The smallest absolute Gasteiger partial charge is 0.236 e. The molecule has 0 radical (unpaired) electrons. The van der Waals surface area contributed by atoms with E-state index in [0.717, 1.165) is 16.7 Å². The van der Waals surface area contributed by atoms with Crippen molar-refractivity contribution in [3.05, 3.63) is 101 Å². The molecule has 120 valence electrons. The standard InChI is InChI=1S/C21H18FNO/c1-15-12-13-19(18(22)14-15)23-21(24)20(16-8-4-2-5-9-16)17-10-6-3-7-11-17/h2-14,20H,1H3,(H,23,24). The number of nitrogens with one attached hydrogen (secondary N) is 1. The Morgan fingerprint density at radius 1 is 0.875 bits per heavy atom. The first-order valence-electron chi connectivity index (χ1n) is 7.82. The van der Waals surface area contributed by atoms with Crippen molar-refractivity contribution in [1.29, 1.82) is 0 Å². The van der Waals surface area contributed by atoms with Crippen molar-refractivity contribution in [1.82, 2.24) is 0 Å². The van der Waals surface area contributed by atoms with E-state index in [4.69, 9.17) is 0 Å². The zero-order valence-corrected chi connectivity index (χ0v) is 13.4. The van der Waals surface area contributed by atoms with Gasteiger partial charge < -0.3 is 5.32 Å². The molecule has 3 aromatic carbocycles. The molecular formula is C21H18FNO. The topological polar surface area (TPSA) is 29.1 Å². The van der Waals surface area contributed by atoms with Crippen LogP contribution in [0.4, 0.5) is 10.1 Å². The summed E-state index contributed by atoms with van der Waals surface area (Å²) < 4.78 is 14.1. The molecule has 0 aliphatic heterocycles. The summed E-state index contributed by atoms with van der Waals surface area (Å²) in [5.74, 6) is -1.17. The minimum absolute atomic E-state index is 0.197. The van der Waals surface area contributed by atoms with Gasteiger partial charge in [0.2, 0.25) is 5.91 Å². The van der Waals surface area contributed by atoms with Gasteiger partial charge in [-0.25, -0.2) is 4.39 Å². The summed E-state index contributed by atoms with van der Waals surface area (Å²) in [7, 11) is 0. The van der Waals surface area contributed by atoms with Gasteiger partial charge in [-0.1, -0.05) is 66.7 Å². The summed E-state index contributed by atoms with van der Waals surface area (Å²) in [4.78, 5) is 12.9. The zero-order valence-electron chi connectivity index (χ0n) is 13.4. The first-order valence-corrected chi connectivity index (χ1v) is 7.82. The monoisotopic (exact) mass is 319 g/mol. The first-order chi connectivity index (χ1) is 11.6. The van der Waals surface area contributed by atoms with Gasteiger partial charge in [0.1, 0.15) is 5.82 Å². The van der Waals surface area contributed by atoms with Crippen molar-refractivity contribution in [2.45, 2.75) is 12.8 Å². The van der Waals surface area contributed by atoms with Crippen LogP contribution < -0.4 is 5.32 Å². The van der Waals surface area contributed by atoms with Gasteiger partial charge in [-0.15, -0.1) is 0 Å². The highest BCUT2D eigenvalue weighted by atomic mass is 19.1. The number of aryl methyl sites for hydroxylation is 1. The van der Waals surface area contributed by atoms with Crippen LogP contribution in [0.2, 0.25) is 0 Å². The fraction of sp³-hybridized carbons (Fsp3) is 0.0952. The summed E-state index contributed by atoms with van der Waals surface area (Å²) in [6, 6.07) is 23.8. The second kappa shape index (κ2) is 7.09. The van der Waals surface area contributed by atoms with E-state index in [1.54, 1.807) is 12.1 Å². The van der Waals surface area contributed by atoms with Crippen LogP contribution in [0.3, 0.4) is 0 Å². The second-order valence-corrected chi connectivity index (χ2v) is 5.73. The quantitative estimate of drug-likeness (QED) is 0.728. The molecule has 3 aromatic rings. The molecule has 0 saturated heterocycles. The summed E-state index contributed by atoms with van der Waals surface area (Å²) in [6.07, 6.45) is 0. The summed E-state index contributed by atoms with van der Waals surface area (Å²) in [5, 5.41) is 2.72. The lowest BCUT2D eigenvalue weighted by Gasteiger charge is -2.18. The molecule has 0 atom stereocenters. The Kier molecular flexibility index (Phi) is 4.71. The van der Waals surface area contributed by atoms with E-state index in [1.165, 1.54) is 6.07 Å². The fourth-order valence-electron chi connectivity index (χ4n) is 2.71. The van der Waals surface area contributed by atoms with Crippen molar-refractivity contribution < 1.29 is 9.18 Å². The van der Waals surface area contributed by atoms with E-state index in [0.29, 0.717) is 0 Å². The lowest BCUT2D eigenvalue weighted by molar-refractivity contribution is -0.116. The lowest BCUT2D eigenvalue weighted by Crippen LogP contribution is -2.22. The van der Waals surface area contributed by atoms with Gasteiger partial charge in [-0.05, 0) is 35.7 Å². The number of amides is 1. The van der Waals surface area contributed by atoms with E-state index in [9.17, 15) is 9.18 Å². The third kappa shape index (κ3) is 3.51. The molecule has 0 aliphatic carbocycles. The van der Waals surface area contributed by atoms with Crippen LogP contribution in [0.1, 0.15) is 22.6 Å². The zero-order chi connectivity index (χ0) is 16.9. The molecule has 3 heteroatoms. The number of rotatable bonds is 4. The Hall–Kier alpha value is -2.94. The van der Waals surface area contributed by atoms with Crippen molar-refractivity contribution >= 4 is 11.6 Å². The van der Waals surface area contributed by atoms with E-state index in [-0.39, 0.29) is 11.6 Å². The Morgan fingerprint density at radius 3 is 1.92 bits per heavy atom. The summed E-state index contributed by atoms with van der Waals surface area (Å²) in [6.45, 7) is 1.81. The molecule has 0 spiro atoms. The van der Waals surface area contributed by atoms with Crippen LogP contribution in [0.5, 0.6) is 0 Å². The highest BCUT2D eigenvalue weighted by Crippen LogP contribution is 2.27. The maximum Gasteiger partial charge on any atom is 0.236 e. The van der Waals surface area contributed by atoms with E-state index >= 15 is 0 Å². The summed E-state index contributed by atoms with van der Waals surface area (Å²) >= 11 is 0. The molecule has 0 fully saturated rings.